The number of ether oxygens (including phenoxy) is 1. The number of halogens is 1. The molecule has 0 aliphatic heterocycles. The average Bonchev–Trinajstić information content (AvgIpc) is 2.97. The van der Waals surface area contributed by atoms with E-state index >= 15 is 0 Å². The van der Waals surface area contributed by atoms with Crippen LogP contribution in [0.4, 0.5) is 5.69 Å². The Morgan fingerprint density at radius 1 is 1.14 bits per heavy atom. The molecule has 5 heteroatoms. The van der Waals surface area contributed by atoms with Gasteiger partial charge in [-0.1, -0.05) is 28.1 Å². The molecule has 0 radical (unpaired) electrons. The Kier molecular flexibility index (Phi) is 3.66. The molecule has 4 nitrogen and oxygen atoms in total. The molecule has 0 aliphatic carbocycles. The summed E-state index contributed by atoms with van der Waals surface area (Å²) >= 11 is 3.44. The SMILES string of the molecule is COc1ccc(-n2cncc2-c2ccc(Br)cc2)cc1N. The number of methoxy groups -OCH3 is 1. The number of nitrogens with two attached hydrogens (primary N) is 1. The molecule has 2 aromatic carbocycles. The van der Waals surface area contributed by atoms with E-state index in [9.17, 15) is 0 Å². The van der Waals surface area contributed by atoms with Gasteiger partial charge < -0.3 is 10.5 Å². The fourth-order valence-electron chi connectivity index (χ4n) is 2.21. The molecule has 0 bridgehead atoms. The predicted octanol–water partition coefficient (Wildman–Crippen LogP) is 3.89. The van der Waals surface area contributed by atoms with Crippen LogP contribution in [0.5, 0.6) is 5.75 Å². The molecule has 3 rings (SSSR count). The number of hydrogen-bond acceptors (Lipinski definition) is 3. The van der Waals surface area contributed by atoms with Crippen LogP contribution in [-0.2, 0) is 0 Å². The van der Waals surface area contributed by atoms with Crippen LogP contribution >= 0.6 is 15.9 Å². The third-order valence-electron chi connectivity index (χ3n) is 3.27. The summed E-state index contributed by atoms with van der Waals surface area (Å²) < 4.78 is 8.24. The Labute approximate surface area is 131 Å². The van der Waals surface area contributed by atoms with Crippen molar-refractivity contribution in [1.82, 2.24) is 9.55 Å². The van der Waals surface area contributed by atoms with Gasteiger partial charge in [0.05, 0.1) is 31.0 Å². The van der Waals surface area contributed by atoms with Crippen molar-refractivity contribution in [2.45, 2.75) is 0 Å². The van der Waals surface area contributed by atoms with Crippen LogP contribution < -0.4 is 10.5 Å². The van der Waals surface area contributed by atoms with Gasteiger partial charge in [0, 0.05) is 15.7 Å². The van der Waals surface area contributed by atoms with Crippen LogP contribution in [0.3, 0.4) is 0 Å². The largest absolute Gasteiger partial charge is 0.495 e. The summed E-state index contributed by atoms with van der Waals surface area (Å²) in [5.74, 6) is 0.670. The third-order valence-corrected chi connectivity index (χ3v) is 3.80. The second-order valence-corrected chi connectivity index (χ2v) is 5.50. The third kappa shape index (κ3) is 2.64. The minimum atomic E-state index is 0.602. The van der Waals surface area contributed by atoms with Crippen LogP contribution in [-0.4, -0.2) is 16.7 Å². The van der Waals surface area contributed by atoms with Gasteiger partial charge in [-0.3, -0.25) is 4.57 Å². The molecule has 0 atom stereocenters. The summed E-state index contributed by atoms with van der Waals surface area (Å²) in [5.41, 5.74) is 9.63. The van der Waals surface area contributed by atoms with Gasteiger partial charge in [-0.15, -0.1) is 0 Å². The first kappa shape index (κ1) is 13.7. The number of anilines is 1. The number of imidazole rings is 1. The van der Waals surface area contributed by atoms with E-state index < -0.39 is 0 Å². The number of nitrogens with zero attached hydrogens (tertiary/aromatic N) is 2. The molecule has 1 heterocycles. The Morgan fingerprint density at radius 2 is 1.90 bits per heavy atom. The van der Waals surface area contributed by atoms with E-state index in [1.165, 1.54) is 0 Å². The van der Waals surface area contributed by atoms with Gasteiger partial charge in [0.1, 0.15) is 5.75 Å². The van der Waals surface area contributed by atoms with Gasteiger partial charge in [-0.05, 0) is 30.3 Å². The maximum atomic E-state index is 5.98. The molecule has 3 aromatic rings. The van der Waals surface area contributed by atoms with Crippen LogP contribution in [0.2, 0.25) is 0 Å². The molecule has 0 aliphatic rings. The van der Waals surface area contributed by atoms with Gasteiger partial charge in [0.15, 0.2) is 0 Å². The highest BCUT2D eigenvalue weighted by Crippen LogP contribution is 2.28. The van der Waals surface area contributed by atoms with Crippen LogP contribution in [0, 0.1) is 0 Å². The van der Waals surface area contributed by atoms with E-state index in [1.54, 1.807) is 13.4 Å². The van der Waals surface area contributed by atoms with Crippen molar-refractivity contribution in [3.8, 4) is 22.7 Å². The molecular formula is C16H14BrN3O. The Morgan fingerprint density at radius 3 is 2.57 bits per heavy atom. The summed E-state index contributed by atoms with van der Waals surface area (Å²) in [6, 6.07) is 13.8. The quantitative estimate of drug-likeness (QED) is 0.734. The van der Waals surface area contributed by atoms with Crippen molar-refractivity contribution in [1.29, 1.82) is 0 Å². The Balaban J connectivity index is 2.06. The van der Waals surface area contributed by atoms with Crippen molar-refractivity contribution >= 4 is 21.6 Å². The molecule has 0 saturated carbocycles. The highest BCUT2D eigenvalue weighted by molar-refractivity contribution is 9.10. The van der Waals surface area contributed by atoms with Gasteiger partial charge in [-0.25, -0.2) is 4.98 Å². The molecule has 1 aromatic heterocycles. The molecule has 0 amide bonds. The number of rotatable bonds is 3. The maximum Gasteiger partial charge on any atom is 0.141 e. The zero-order valence-electron chi connectivity index (χ0n) is 11.5. The molecular weight excluding hydrogens is 330 g/mol. The lowest BCUT2D eigenvalue weighted by atomic mass is 10.1. The van der Waals surface area contributed by atoms with Gasteiger partial charge in [0.2, 0.25) is 0 Å². The molecule has 0 unspecified atom stereocenters. The van der Waals surface area contributed by atoms with E-state index in [2.05, 4.69) is 20.9 Å². The standard InChI is InChI=1S/C16H14BrN3O/c1-21-16-7-6-13(8-14(16)18)20-10-19-9-15(20)11-2-4-12(17)5-3-11/h2-10H,18H2,1H3. The lowest BCUT2D eigenvalue weighted by molar-refractivity contribution is 0.417. The fourth-order valence-corrected chi connectivity index (χ4v) is 2.47. The minimum Gasteiger partial charge on any atom is -0.495 e. The highest BCUT2D eigenvalue weighted by atomic mass is 79.9. The first-order valence-corrected chi connectivity index (χ1v) is 7.20. The molecule has 21 heavy (non-hydrogen) atoms. The van der Waals surface area contributed by atoms with Crippen molar-refractivity contribution < 1.29 is 4.74 Å². The van der Waals surface area contributed by atoms with Crippen LogP contribution in [0.15, 0.2) is 59.5 Å². The molecule has 106 valence electrons. The summed E-state index contributed by atoms with van der Waals surface area (Å²) in [4.78, 5) is 4.25. The zero-order chi connectivity index (χ0) is 14.8. The number of benzene rings is 2. The number of aromatic nitrogens is 2. The number of hydrogen-bond donors (Lipinski definition) is 1. The second kappa shape index (κ2) is 5.61. The molecule has 0 saturated heterocycles. The molecule has 2 N–H and O–H groups in total. The highest BCUT2D eigenvalue weighted by Gasteiger charge is 2.08. The second-order valence-electron chi connectivity index (χ2n) is 4.58. The van der Waals surface area contributed by atoms with Crippen LogP contribution in [0.25, 0.3) is 16.9 Å². The van der Waals surface area contributed by atoms with Crippen molar-refractivity contribution in [2.24, 2.45) is 0 Å². The minimum absolute atomic E-state index is 0.602. The van der Waals surface area contributed by atoms with Crippen LogP contribution in [0.1, 0.15) is 0 Å². The van der Waals surface area contributed by atoms with E-state index in [4.69, 9.17) is 10.5 Å². The summed E-state index contributed by atoms with van der Waals surface area (Å²) in [7, 11) is 1.61. The van der Waals surface area contributed by atoms with Crippen molar-refractivity contribution in [2.75, 3.05) is 12.8 Å². The first-order valence-electron chi connectivity index (χ1n) is 6.41. The topological polar surface area (TPSA) is 53.1 Å². The van der Waals surface area contributed by atoms with Gasteiger partial charge in [-0.2, -0.15) is 0 Å². The average molecular weight is 344 g/mol. The molecule has 0 spiro atoms. The lowest BCUT2D eigenvalue weighted by Gasteiger charge is -2.11. The van der Waals surface area contributed by atoms with E-state index in [0.29, 0.717) is 11.4 Å². The van der Waals surface area contributed by atoms with Crippen molar-refractivity contribution in [3.05, 3.63) is 59.5 Å². The Hall–Kier alpha value is -2.27. The predicted molar refractivity (Wildman–Crippen MR) is 87.7 cm³/mol. The smallest absolute Gasteiger partial charge is 0.141 e. The summed E-state index contributed by atoms with van der Waals surface area (Å²) in [6.45, 7) is 0. The zero-order valence-corrected chi connectivity index (χ0v) is 13.0. The normalized spacial score (nSPS) is 10.6. The van der Waals surface area contributed by atoms with Crippen molar-refractivity contribution in [3.63, 3.8) is 0 Å². The van der Waals surface area contributed by atoms with E-state index in [0.717, 1.165) is 21.4 Å². The number of nitrogen functional groups attached to an aromatic ring is 1. The van der Waals surface area contributed by atoms with Gasteiger partial charge >= 0.3 is 0 Å². The summed E-state index contributed by atoms with van der Waals surface area (Å²) in [6.07, 6.45) is 3.61. The monoisotopic (exact) mass is 343 g/mol. The first-order chi connectivity index (χ1) is 10.2. The van der Waals surface area contributed by atoms with Gasteiger partial charge in [0.25, 0.3) is 0 Å². The Bertz CT molecular complexity index is 765. The molecule has 0 fully saturated rings. The fraction of sp³-hybridized carbons (Fsp3) is 0.0625. The van der Waals surface area contributed by atoms with E-state index in [-0.39, 0.29) is 0 Å². The van der Waals surface area contributed by atoms with E-state index in [1.807, 2.05) is 53.2 Å². The summed E-state index contributed by atoms with van der Waals surface area (Å²) in [5, 5.41) is 0. The lowest BCUT2D eigenvalue weighted by Crippen LogP contribution is -1.98. The maximum absolute atomic E-state index is 5.98.